The first-order valence-corrected chi connectivity index (χ1v) is 11.9. The van der Waals surface area contributed by atoms with Crippen molar-refractivity contribution in [1.82, 2.24) is 14.7 Å². The van der Waals surface area contributed by atoms with Crippen molar-refractivity contribution in [1.29, 1.82) is 0 Å². The highest BCUT2D eigenvalue weighted by atomic mass is 16.5. The Hall–Kier alpha value is -2.61. The van der Waals surface area contributed by atoms with Gasteiger partial charge in [0.1, 0.15) is 12.4 Å². The van der Waals surface area contributed by atoms with Crippen molar-refractivity contribution in [2.45, 2.75) is 19.4 Å². The van der Waals surface area contributed by atoms with Crippen molar-refractivity contribution in [2.24, 2.45) is 11.7 Å². The highest BCUT2D eigenvalue weighted by Gasteiger charge is 2.30. The van der Waals surface area contributed by atoms with Crippen LogP contribution in [0.25, 0.3) is 0 Å². The summed E-state index contributed by atoms with van der Waals surface area (Å²) in [5.41, 5.74) is 7.91. The van der Waals surface area contributed by atoms with Gasteiger partial charge in [-0.1, -0.05) is 30.9 Å². The van der Waals surface area contributed by atoms with Gasteiger partial charge in [0.05, 0.1) is 6.61 Å². The van der Waals surface area contributed by atoms with Crippen LogP contribution in [0.4, 0.5) is 0 Å². The molecule has 0 atom stereocenters. The predicted octanol–water partition coefficient (Wildman–Crippen LogP) is 2.00. The van der Waals surface area contributed by atoms with E-state index in [1.165, 1.54) is 5.56 Å². The molecule has 2 aliphatic heterocycles. The van der Waals surface area contributed by atoms with Crippen LogP contribution < -0.4 is 10.5 Å². The molecule has 7 heteroatoms. The lowest BCUT2D eigenvalue weighted by Gasteiger charge is -2.38. The minimum Gasteiger partial charge on any atom is -0.491 e. The summed E-state index contributed by atoms with van der Waals surface area (Å²) >= 11 is 0. The molecule has 33 heavy (non-hydrogen) atoms. The SMILES string of the molecule is C=C/C=C(\C=C/N)CN1CCC(C(=O)N2CCN(Cc3ccc(OCCO)cc3)CC2)CC1. The zero-order chi connectivity index (χ0) is 23.5. The maximum atomic E-state index is 13.1. The van der Waals surface area contributed by atoms with Crippen molar-refractivity contribution >= 4 is 5.91 Å². The highest BCUT2D eigenvalue weighted by Crippen LogP contribution is 2.22. The summed E-state index contributed by atoms with van der Waals surface area (Å²) in [5, 5.41) is 8.85. The highest BCUT2D eigenvalue weighted by molar-refractivity contribution is 5.79. The molecular weight excluding hydrogens is 416 g/mol. The Labute approximate surface area is 197 Å². The molecule has 1 amide bonds. The molecule has 0 bridgehead atoms. The van der Waals surface area contributed by atoms with Crippen LogP contribution in [0.2, 0.25) is 0 Å². The second kappa shape index (κ2) is 13.2. The van der Waals surface area contributed by atoms with Crippen LogP contribution in [0.15, 0.2) is 60.8 Å². The van der Waals surface area contributed by atoms with Crippen molar-refractivity contribution in [2.75, 3.05) is 59.0 Å². The Morgan fingerprint density at radius 1 is 1.09 bits per heavy atom. The van der Waals surface area contributed by atoms with E-state index in [-0.39, 0.29) is 12.5 Å². The molecule has 0 aromatic heterocycles. The summed E-state index contributed by atoms with van der Waals surface area (Å²) in [4.78, 5) is 19.9. The average Bonchev–Trinajstić information content (AvgIpc) is 2.84. The number of nitrogens with two attached hydrogens (primary N) is 1. The fraction of sp³-hybridized carbons (Fsp3) is 0.500. The molecule has 0 radical (unpaired) electrons. The number of aliphatic hydroxyl groups excluding tert-OH is 1. The summed E-state index contributed by atoms with van der Waals surface area (Å²) < 4.78 is 5.42. The second-order valence-electron chi connectivity index (χ2n) is 8.70. The number of piperazine rings is 1. The third-order valence-electron chi connectivity index (χ3n) is 6.36. The van der Waals surface area contributed by atoms with Gasteiger partial charge in [-0.15, -0.1) is 0 Å². The molecule has 1 aromatic carbocycles. The first-order valence-electron chi connectivity index (χ1n) is 11.9. The normalized spacial score (nSPS) is 19.2. The van der Waals surface area contributed by atoms with Crippen LogP contribution in [0.3, 0.4) is 0 Å². The smallest absolute Gasteiger partial charge is 0.225 e. The van der Waals surface area contributed by atoms with Gasteiger partial charge in [-0.05, 0) is 61.5 Å². The van der Waals surface area contributed by atoms with Crippen LogP contribution in [-0.2, 0) is 11.3 Å². The summed E-state index contributed by atoms with van der Waals surface area (Å²) in [5.74, 6) is 1.23. The molecule has 0 unspecified atom stereocenters. The zero-order valence-corrected chi connectivity index (χ0v) is 19.6. The number of aliphatic hydroxyl groups is 1. The Morgan fingerprint density at radius 3 is 2.39 bits per heavy atom. The van der Waals surface area contributed by atoms with Gasteiger partial charge in [-0.25, -0.2) is 0 Å². The number of nitrogens with zero attached hydrogens (tertiary/aromatic N) is 3. The van der Waals surface area contributed by atoms with Crippen LogP contribution in [-0.4, -0.2) is 84.7 Å². The maximum absolute atomic E-state index is 13.1. The number of ether oxygens (including phenoxy) is 1. The van der Waals surface area contributed by atoms with Crippen molar-refractivity contribution in [3.05, 3.63) is 66.4 Å². The van der Waals surface area contributed by atoms with Gasteiger partial charge >= 0.3 is 0 Å². The van der Waals surface area contributed by atoms with E-state index in [1.807, 2.05) is 24.3 Å². The van der Waals surface area contributed by atoms with Crippen LogP contribution in [0.5, 0.6) is 5.75 Å². The first kappa shape index (κ1) is 25.0. The minimum atomic E-state index is 0.0181. The molecule has 0 spiro atoms. The number of piperidine rings is 1. The second-order valence-corrected chi connectivity index (χ2v) is 8.70. The van der Waals surface area contributed by atoms with E-state index >= 15 is 0 Å². The van der Waals surface area contributed by atoms with E-state index in [0.29, 0.717) is 12.5 Å². The van der Waals surface area contributed by atoms with Gasteiger partial charge in [0.25, 0.3) is 0 Å². The lowest BCUT2D eigenvalue weighted by molar-refractivity contribution is -0.138. The molecular formula is C26H38N4O3. The lowest BCUT2D eigenvalue weighted by Crippen LogP contribution is -2.51. The number of allylic oxidation sites excluding steroid dienone is 2. The summed E-state index contributed by atoms with van der Waals surface area (Å²) in [6.45, 7) is 11.1. The van der Waals surface area contributed by atoms with Crippen LogP contribution >= 0.6 is 0 Å². The molecule has 0 aliphatic carbocycles. The molecule has 3 rings (SSSR count). The number of amides is 1. The largest absolute Gasteiger partial charge is 0.491 e. The van der Waals surface area contributed by atoms with Crippen molar-refractivity contribution < 1.29 is 14.6 Å². The molecule has 2 fully saturated rings. The van der Waals surface area contributed by atoms with Gasteiger partial charge in [0, 0.05) is 45.2 Å². The van der Waals surface area contributed by atoms with Crippen molar-refractivity contribution in [3.8, 4) is 5.75 Å². The van der Waals surface area contributed by atoms with E-state index in [4.69, 9.17) is 15.6 Å². The lowest BCUT2D eigenvalue weighted by atomic mass is 9.94. The Morgan fingerprint density at radius 2 is 1.79 bits per heavy atom. The van der Waals surface area contributed by atoms with E-state index in [9.17, 15) is 4.79 Å². The van der Waals surface area contributed by atoms with Crippen LogP contribution in [0.1, 0.15) is 18.4 Å². The quantitative estimate of drug-likeness (QED) is 0.527. The van der Waals surface area contributed by atoms with E-state index < -0.39 is 0 Å². The fourth-order valence-corrected chi connectivity index (χ4v) is 4.53. The van der Waals surface area contributed by atoms with E-state index in [2.05, 4.69) is 33.4 Å². The molecule has 1 aromatic rings. The Balaban J connectivity index is 1.40. The summed E-state index contributed by atoms with van der Waals surface area (Å²) in [6, 6.07) is 8.02. The Kier molecular flexibility index (Phi) is 10.00. The van der Waals surface area contributed by atoms with Crippen molar-refractivity contribution in [3.63, 3.8) is 0 Å². The predicted molar refractivity (Wildman–Crippen MR) is 132 cm³/mol. The van der Waals surface area contributed by atoms with Gasteiger partial charge in [-0.3, -0.25) is 14.6 Å². The van der Waals surface area contributed by atoms with Gasteiger partial charge in [0.15, 0.2) is 0 Å². The zero-order valence-electron chi connectivity index (χ0n) is 19.6. The molecule has 3 N–H and O–H groups in total. The molecule has 7 nitrogen and oxygen atoms in total. The minimum absolute atomic E-state index is 0.0181. The number of carbonyl (C=O) groups is 1. The Bertz CT molecular complexity index is 805. The first-order chi connectivity index (χ1) is 16.1. The van der Waals surface area contributed by atoms with Gasteiger partial charge in [0.2, 0.25) is 5.91 Å². The van der Waals surface area contributed by atoms with Crippen LogP contribution in [0, 0.1) is 5.92 Å². The standard InChI is InChI=1S/C26H38N4O3/c1-2-3-22(8-11-27)20-28-12-9-24(10-13-28)26(32)30-16-14-29(15-17-30)21-23-4-6-25(7-5-23)33-19-18-31/h2-8,11,24,31H,1,9-10,12-21,27H2/b11-8-,22-3+. The molecule has 2 saturated heterocycles. The molecule has 180 valence electrons. The number of carbonyl (C=O) groups excluding carboxylic acids is 1. The number of likely N-dealkylation sites (tertiary alicyclic amines) is 1. The topological polar surface area (TPSA) is 82.3 Å². The number of benzene rings is 1. The molecule has 0 saturated carbocycles. The van der Waals surface area contributed by atoms with Gasteiger partial charge in [-0.2, -0.15) is 0 Å². The monoisotopic (exact) mass is 454 g/mol. The summed E-state index contributed by atoms with van der Waals surface area (Å²) in [7, 11) is 0. The number of hydrogen-bond donors (Lipinski definition) is 2. The third kappa shape index (κ3) is 7.74. The average molecular weight is 455 g/mol. The fourth-order valence-electron chi connectivity index (χ4n) is 4.53. The number of hydrogen-bond acceptors (Lipinski definition) is 6. The molecule has 2 heterocycles. The number of rotatable bonds is 10. The van der Waals surface area contributed by atoms with Gasteiger partial charge < -0.3 is 20.5 Å². The van der Waals surface area contributed by atoms with E-state index in [0.717, 1.165) is 76.5 Å². The third-order valence-corrected chi connectivity index (χ3v) is 6.36. The molecule has 2 aliphatic rings. The van der Waals surface area contributed by atoms with E-state index in [1.54, 1.807) is 12.3 Å². The maximum Gasteiger partial charge on any atom is 0.225 e. The summed E-state index contributed by atoms with van der Waals surface area (Å²) in [6.07, 6.45) is 9.08.